The minimum absolute atomic E-state index is 0.0320. The highest BCUT2D eigenvalue weighted by atomic mass is 32.2. The molecule has 2 N–H and O–H groups in total. The lowest BCUT2D eigenvalue weighted by Gasteiger charge is -2.28. The first-order valence-corrected chi connectivity index (χ1v) is 8.45. The molecule has 0 spiro atoms. The van der Waals surface area contributed by atoms with E-state index in [4.69, 9.17) is 0 Å². The number of hydrogen-bond acceptors (Lipinski definition) is 3. The number of aryl methyl sites for hydroxylation is 1. The van der Waals surface area contributed by atoms with E-state index >= 15 is 0 Å². The molecular weight excluding hydrogens is 260 g/mol. The molecule has 0 amide bonds. The maximum absolute atomic E-state index is 12.0. The zero-order chi connectivity index (χ0) is 13.7. The van der Waals surface area contributed by atoms with Crippen LogP contribution in [0.15, 0.2) is 30.3 Å². The number of sulfonamides is 1. The van der Waals surface area contributed by atoms with E-state index in [1.807, 2.05) is 30.3 Å². The van der Waals surface area contributed by atoms with Gasteiger partial charge in [-0.2, -0.15) is 0 Å². The molecule has 0 saturated carbocycles. The van der Waals surface area contributed by atoms with Crippen molar-refractivity contribution < 1.29 is 8.42 Å². The SMILES string of the molecule is CC1CNCC(NS(=O)(=O)CCc2ccccc2)C1. The molecule has 1 fully saturated rings. The second-order valence-electron chi connectivity index (χ2n) is 5.37. The molecule has 0 aromatic heterocycles. The van der Waals surface area contributed by atoms with Crippen molar-refractivity contribution in [2.75, 3.05) is 18.8 Å². The molecule has 1 aliphatic heterocycles. The van der Waals surface area contributed by atoms with Crippen molar-refractivity contribution in [3.8, 4) is 0 Å². The van der Waals surface area contributed by atoms with E-state index in [1.165, 1.54) is 0 Å². The van der Waals surface area contributed by atoms with Crippen LogP contribution in [-0.2, 0) is 16.4 Å². The number of hydrogen-bond donors (Lipinski definition) is 2. The van der Waals surface area contributed by atoms with E-state index < -0.39 is 10.0 Å². The van der Waals surface area contributed by atoms with Crippen molar-refractivity contribution in [3.05, 3.63) is 35.9 Å². The third kappa shape index (κ3) is 4.93. The van der Waals surface area contributed by atoms with Gasteiger partial charge in [-0.25, -0.2) is 13.1 Å². The van der Waals surface area contributed by atoms with E-state index in [1.54, 1.807) is 0 Å². The Hall–Kier alpha value is -0.910. The van der Waals surface area contributed by atoms with Crippen LogP contribution >= 0.6 is 0 Å². The molecule has 0 radical (unpaired) electrons. The Morgan fingerprint density at radius 3 is 2.68 bits per heavy atom. The Labute approximate surface area is 115 Å². The van der Waals surface area contributed by atoms with Gasteiger partial charge >= 0.3 is 0 Å². The minimum atomic E-state index is -3.19. The van der Waals surface area contributed by atoms with Gasteiger partial charge in [0.2, 0.25) is 10.0 Å². The molecule has 106 valence electrons. The summed E-state index contributed by atoms with van der Waals surface area (Å²) in [6.45, 7) is 3.84. The number of benzene rings is 1. The summed E-state index contributed by atoms with van der Waals surface area (Å²) in [6, 6.07) is 9.75. The first-order valence-electron chi connectivity index (χ1n) is 6.80. The normalized spacial score (nSPS) is 24.3. The van der Waals surface area contributed by atoms with Gasteiger partial charge in [-0.15, -0.1) is 0 Å². The van der Waals surface area contributed by atoms with Crippen LogP contribution in [0.1, 0.15) is 18.9 Å². The van der Waals surface area contributed by atoms with E-state index in [0.29, 0.717) is 12.3 Å². The Morgan fingerprint density at radius 1 is 1.26 bits per heavy atom. The maximum atomic E-state index is 12.0. The number of piperidine rings is 1. The summed E-state index contributed by atoms with van der Waals surface area (Å²) in [5, 5.41) is 3.25. The highest BCUT2D eigenvalue weighted by Crippen LogP contribution is 2.10. The van der Waals surface area contributed by atoms with Crippen molar-refractivity contribution in [1.29, 1.82) is 0 Å². The molecule has 1 heterocycles. The van der Waals surface area contributed by atoms with Gasteiger partial charge in [-0.05, 0) is 30.9 Å². The summed E-state index contributed by atoms with van der Waals surface area (Å²) in [6.07, 6.45) is 1.48. The predicted octanol–water partition coefficient (Wildman–Crippen LogP) is 1.15. The molecule has 0 aliphatic carbocycles. The molecule has 4 nitrogen and oxygen atoms in total. The van der Waals surface area contributed by atoms with Crippen molar-refractivity contribution in [1.82, 2.24) is 10.0 Å². The zero-order valence-corrected chi connectivity index (χ0v) is 12.1. The van der Waals surface area contributed by atoms with E-state index in [2.05, 4.69) is 17.0 Å². The fraction of sp³-hybridized carbons (Fsp3) is 0.571. The standard InChI is InChI=1S/C14H22N2O2S/c1-12-9-14(11-15-10-12)16-19(17,18)8-7-13-5-3-2-4-6-13/h2-6,12,14-16H,7-11H2,1H3. The Kier molecular flexibility index (Phi) is 4.96. The smallest absolute Gasteiger partial charge is 0.212 e. The quantitative estimate of drug-likeness (QED) is 0.851. The molecule has 1 saturated heterocycles. The van der Waals surface area contributed by atoms with Crippen molar-refractivity contribution in [2.45, 2.75) is 25.8 Å². The summed E-state index contributed by atoms with van der Waals surface area (Å²) >= 11 is 0. The second-order valence-corrected chi connectivity index (χ2v) is 7.24. The summed E-state index contributed by atoms with van der Waals surface area (Å²) in [7, 11) is -3.19. The number of rotatable bonds is 5. The van der Waals surface area contributed by atoms with Gasteiger partial charge in [0.1, 0.15) is 0 Å². The summed E-state index contributed by atoms with van der Waals surface area (Å²) in [5.41, 5.74) is 1.06. The summed E-state index contributed by atoms with van der Waals surface area (Å²) in [4.78, 5) is 0. The summed E-state index contributed by atoms with van der Waals surface area (Å²) < 4.78 is 26.9. The highest BCUT2D eigenvalue weighted by molar-refractivity contribution is 7.89. The molecule has 2 rings (SSSR count). The van der Waals surface area contributed by atoms with Crippen LogP contribution in [0, 0.1) is 5.92 Å². The molecule has 1 aromatic rings. The van der Waals surface area contributed by atoms with Crippen LogP contribution in [0.3, 0.4) is 0 Å². The third-order valence-corrected chi connectivity index (χ3v) is 4.85. The third-order valence-electron chi connectivity index (χ3n) is 3.42. The molecule has 0 bridgehead atoms. The van der Waals surface area contributed by atoms with Gasteiger partial charge in [-0.3, -0.25) is 0 Å². The molecule has 1 aromatic carbocycles. The van der Waals surface area contributed by atoms with Gasteiger partial charge < -0.3 is 5.32 Å². The van der Waals surface area contributed by atoms with Gasteiger partial charge in [0.25, 0.3) is 0 Å². The van der Waals surface area contributed by atoms with E-state index in [-0.39, 0.29) is 11.8 Å². The monoisotopic (exact) mass is 282 g/mol. The fourth-order valence-electron chi connectivity index (χ4n) is 2.46. The van der Waals surface area contributed by atoms with Crippen LogP contribution < -0.4 is 10.0 Å². The van der Waals surface area contributed by atoms with Crippen LogP contribution in [-0.4, -0.2) is 33.3 Å². The predicted molar refractivity (Wildman–Crippen MR) is 77.5 cm³/mol. The number of nitrogens with one attached hydrogen (secondary N) is 2. The zero-order valence-electron chi connectivity index (χ0n) is 11.3. The Bertz CT molecular complexity index is 487. The van der Waals surface area contributed by atoms with Crippen LogP contribution in [0.5, 0.6) is 0 Å². The average Bonchev–Trinajstić information content (AvgIpc) is 2.37. The van der Waals surface area contributed by atoms with E-state index in [9.17, 15) is 8.42 Å². The van der Waals surface area contributed by atoms with Crippen molar-refractivity contribution in [3.63, 3.8) is 0 Å². The molecule has 2 unspecified atom stereocenters. The lowest BCUT2D eigenvalue weighted by atomic mass is 9.99. The second kappa shape index (κ2) is 6.50. The Morgan fingerprint density at radius 2 is 2.00 bits per heavy atom. The lowest BCUT2D eigenvalue weighted by Crippen LogP contribution is -2.48. The Balaban J connectivity index is 1.85. The van der Waals surface area contributed by atoms with Gasteiger partial charge in [-0.1, -0.05) is 37.3 Å². The van der Waals surface area contributed by atoms with Gasteiger partial charge in [0.15, 0.2) is 0 Å². The first kappa shape index (κ1) is 14.5. The van der Waals surface area contributed by atoms with Crippen molar-refractivity contribution >= 4 is 10.0 Å². The highest BCUT2D eigenvalue weighted by Gasteiger charge is 2.22. The largest absolute Gasteiger partial charge is 0.315 e. The van der Waals surface area contributed by atoms with Crippen LogP contribution in [0.2, 0.25) is 0 Å². The molecule has 19 heavy (non-hydrogen) atoms. The molecular formula is C14H22N2O2S. The van der Waals surface area contributed by atoms with Crippen LogP contribution in [0.25, 0.3) is 0 Å². The average molecular weight is 282 g/mol. The van der Waals surface area contributed by atoms with Crippen molar-refractivity contribution in [2.24, 2.45) is 5.92 Å². The minimum Gasteiger partial charge on any atom is -0.315 e. The topological polar surface area (TPSA) is 58.2 Å². The van der Waals surface area contributed by atoms with E-state index in [0.717, 1.165) is 25.1 Å². The fourth-order valence-corrected chi connectivity index (χ4v) is 3.77. The van der Waals surface area contributed by atoms with Gasteiger partial charge in [0.05, 0.1) is 5.75 Å². The van der Waals surface area contributed by atoms with Gasteiger partial charge in [0, 0.05) is 12.6 Å². The first-order chi connectivity index (χ1) is 9.05. The molecule has 5 heteroatoms. The molecule has 1 aliphatic rings. The lowest BCUT2D eigenvalue weighted by molar-refractivity contribution is 0.346. The van der Waals surface area contributed by atoms with Crippen LogP contribution in [0.4, 0.5) is 0 Å². The molecule has 2 atom stereocenters. The summed E-state index contributed by atoms with van der Waals surface area (Å²) in [5.74, 6) is 0.678. The maximum Gasteiger partial charge on any atom is 0.212 e.